The van der Waals surface area contributed by atoms with Crippen LogP contribution in [0.25, 0.3) is 22.6 Å². The van der Waals surface area contributed by atoms with E-state index in [9.17, 15) is 4.39 Å². The van der Waals surface area contributed by atoms with Gasteiger partial charge in [0.05, 0.1) is 16.6 Å². The van der Waals surface area contributed by atoms with Crippen LogP contribution in [0.5, 0.6) is 5.88 Å². The van der Waals surface area contributed by atoms with Crippen LogP contribution in [-0.2, 0) is 0 Å². The first kappa shape index (κ1) is 13.1. The summed E-state index contributed by atoms with van der Waals surface area (Å²) in [4.78, 5) is 11.8. The normalized spacial score (nSPS) is 10.9. The number of imidazole rings is 1. The Morgan fingerprint density at radius 1 is 1.25 bits per heavy atom. The summed E-state index contributed by atoms with van der Waals surface area (Å²) in [6.07, 6.45) is 0. The van der Waals surface area contributed by atoms with Crippen LogP contribution in [0.2, 0.25) is 0 Å². The van der Waals surface area contributed by atoms with Crippen molar-refractivity contribution in [2.45, 2.75) is 6.92 Å². The highest BCUT2D eigenvalue weighted by molar-refractivity contribution is 9.10. The van der Waals surface area contributed by atoms with E-state index < -0.39 is 0 Å². The van der Waals surface area contributed by atoms with Gasteiger partial charge in [-0.15, -0.1) is 0 Å². The smallest absolute Gasteiger partial charge is 0.215 e. The molecule has 0 radical (unpaired) electrons. The molecule has 0 unspecified atom stereocenters. The number of nitrogens with one attached hydrogen (secondary N) is 1. The minimum atomic E-state index is -0.328. The lowest BCUT2D eigenvalue weighted by Gasteiger charge is -2.00. The van der Waals surface area contributed by atoms with Gasteiger partial charge in [0.15, 0.2) is 5.65 Å². The average molecular weight is 336 g/mol. The predicted molar refractivity (Wildman–Crippen MR) is 78.2 cm³/mol. The number of ether oxygens (including phenoxy) is 1. The second-order valence-corrected chi connectivity index (χ2v) is 4.93. The monoisotopic (exact) mass is 335 g/mol. The van der Waals surface area contributed by atoms with Gasteiger partial charge in [-0.05, 0) is 41.1 Å². The first-order chi connectivity index (χ1) is 9.69. The van der Waals surface area contributed by atoms with Crippen molar-refractivity contribution < 1.29 is 9.13 Å². The number of benzene rings is 1. The van der Waals surface area contributed by atoms with E-state index in [2.05, 4.69) is 30.9 Å². The fourth-order valence-electron chi connectivity index (χ4n) is 1.92. The van der Waals surface area contributed by atoms with Gasteiger partial charge < -0.3 is 9.72 Å². The molecule has 2 heterocycles. The Balaban J connectivity index is 2.10. The molecule has 0 aliphatic heterocycles. The molecule has 0 aliphatic carbocycles. The van der Waals surface area contributed by atoms with Crippen molar-refractivity contribution in [2.24, 2.45) is 0 Å². The van der Waals surface area contributed by atoms with Crippen molar-refractivity contribution in [1.29, 1.82) is 0 Å². The van der Waals surface area contributed by atoms with E-state index in [0.717, 1.165) is 5.52 Å². The van der Waals surface area contributed by atoms with Crippen LogP contribution in [0, 0.1) is 5.82 Å². The molecule has 2 aromatic heterocycles. The van der Waals surface area contributed by atoms with E-state index in [1.807, 2.05) is 13.0 Å². The zero-order chi connectivity index (χ0) is 14.1. The van der Waals surface area contributed by atoms with Crippen molar-refractivity contribution in [1.82, 2.24) is 15.0 Å². The molecule has 0 fully saturated rings. The van der Waals surface area contributed by atoms with Gasteiger partial charge in [-0.25, -0.2) is 9.37 Å². The number of pyridine rings is 1. The molecule has 0 spiro atoms. The molecule has 4 nitrogen and oxygen atoms in total. The van der Waals surface area contributed by atoms with Crippen LogP contribution < -0.4 is 4.74 Å². The molecule has 0 bridgehead atoms. The van der Waals surface area contributed by atoms with Crippen molar-refractivity contribution in [3.8, 4) is 17.3 Å². The largest absolute Gasteiger partial charge is 0.478 e. The highest BCUT2D eigenvalue weighted by atomic mass is 79.9. The lowest BCUT2D eigenvalue weighted by atomic mass is 10.2. The molecule has 20 heavy (non-hydrogen) atoms. The summed E-state index contributed by atoms with van der Waals surface area (Å²) in [5.74, 6) is 0.759. The van der Waals surface area contributed by atoms with E-state index in [-0.39, 0.29) is 5.82 Å². The number of hydrogen-bond acceptors (Lipinski definition) is 3. The van der Waals surface area contributed by atoms with Gasteiger partial charge in [-0.2, -0.15) is 4.98 Å². The molecule has 6 heteroatoms. The maximum atomic E-state index is 13.6. The lowest BCUT2D eigenvalue weighted by molar-refractivity contribution is 0.328. The minimum absolute atomic E-state index is 0.328. The highest BCUT2D eigenvalue weighted by Crippen LogP contribution is 2.29. The van der Waals surface area contributed by atoms with Crippen LogP contribution in [0.15, 0.2) is 34.8 Å². The van der Waals surface area contributed by atoms with Gasteiger partial charge in [-0.1, -0.05) is 6.07 Å². The molecular formula is C14H11BrFN3O. The molecule has 3 aromatic rings. The minimum Gasteiger partial charge on any atom is -0.478 e. The summed E-state index contributed by atoms with van der Waals surface area (Å²) in [7, 11) is 0. The first-order valence-electron chi connectivity index (χ1n) is 6.13. The van der Waals surface area contributed by atoms with Crippen molar-refractivity contribution in [3.05, 3.63) is 40.6 Å². The van der Waals surface area contributed by atoms with Crippen molar-refractivity contribution in [2.75, 3.05) is 6.61 Å². The second kappa shape index (κ2) is 5.20. The van der Waals surface area contributed by atoms with Crippen molar-refractivity contribution >= 4 is 27.1 Å². The van der Waals surface area contributed by atoms with E-state index in [0.29, 0.717) is 34.0 Å². The Morgan fingerprint density at radius 3 is 2.90 bits per heavy atom. The zero-order valence-electron chi connectivity index (χ0n) is 10.7. The van der Waals surface area contributed by atoms with Gasteiger partial charge in [0, 0.05) is 11.6 Å². The quantitative estimate of drug-likeness (QED) is 0.789. The van der Waals surface area contributed by atoms with Gasteiger partial charge in [0.2, 0.25) is 5.88 Å². The summed E-state index contributed by atoms with van der Waals surface area (Å²) >= 11 is 3.23. The average Bonchev–Trinajstić information content (AvgIpc) is 2.85. The SMILES string of the molecule is CCOc1ccc2[nH]c(-c3cccc(F)c3Br)nc2n1. The summed E-state index contributed by atoms with van der Waals surface area (Å²) in [5.41, 5.74) is 1.97. The van der Waals surface area contributed by atoms with Gasteiger partial charge in [0.1, 0.15) is 11.6 Å². The molecule has 0 saturated heterocycles. The molecule has 0 amide bonds. The van der Waals surface area contributed by atoms with Gasteiger partial charge >= 0.3 is 0 Å². The number of fused-ring (bicyclic) bond motifs is 1. The van der Waals surface area contributed by atoms with E-state index in [1.165, 1.54) is 6.07 Å². The Labute approximate surface area is 123 Å². The van der Waals surface area contributed by atoms with Crippen LogP contribution in [0.1, 0.15) is 6.92 Å². The van der Waals surface area contributed by atoms with Crippen molar-refractivity contribution in [3.63, 3.8) is 0 Å². The number of nitrogens with zero attached hydrogens (tertiary/aromatic N) is 2. The summed E-state index contributed by atoms with van der Waals surface area (Å²) < 4.78 is 19.3. The fraction of sp³-hybridized carbons (Fsp3) is 0.143. The third-order valence-corrected chi connectivity index (χ3v) is 3.63. The molecule has 3 rings (SSSR count). The second-order valence-electron chi connectivity index (χ2n) is 4.14. The van der Waals surface area contributed by atoms with Crippen LogP contribution in [-0.4, -0.2) is 21.6 Å². The summed E-state index contributed by atoms with van der Waals surface area (Å²) in [5, 5.41) is 0. The lowest BCUT2D eigenvalue weighted by Crippen LogP contribution is -1.93. The molecule has 1 aromatic carbocycles. The Bertz CT molecular complexity index is 772. The molecular weight excluding hydrogens is 325 g/mol. The third kappa shape index (κ3) is 2.27. The Hall–Kier alpha value is -1.95. The third-order valence-electron chi connectivity index (χ3n) is 2.82. The number of aromatic nitrogens is 3. The highest BCUT2D eigenvalue weighted by Gasteiger charge is 2.12. The topological polar surface area (TPSA) is 50.8 Å². The summed E-state index contributed by atoms with van der Waals surface area (Å²) in [6.45, 7) is 2.44. The number of halogens is 2. The van der Waals surface area contributed by atoms with Crippen LogP contribution in [0.3, 0.4) is 0 Å². The molecule has 0 saturated carbocycles. The standard InChI is InChI=1S/C14H11BrFN3O/c1-2-20-11-7-6-10-14(18-11)19-13(17-10)8-4-3-5-9(16)12(8)15/h3-7H,2H2,1H3,(H,17,18,19). The van der Waals surface area contributed by atoms with E-state index >= 15 is 0 Å². The first-order valence-corrected chi connectivity index (χ1v) is 6.92. The molecule has 0 atom stereocenters. The Kier molecular flexibility index (Phi) is 3.40. The number of aromatic amines is 1. The molecule has 102 valence electrons. The predicted octanol–water partition coefficient (Wildman–Crippen LogP) is 3.93. The maximum Gasteiger partial charge on any atom is 0.215 e. The number of rotatable bonds is 3. The molecule has 1 N–H and O–H groups in total. The van der Waals surface area contributed by atoms with Crippen LogP contribution in [0.4, 0.5) is 4.39 Å². The fourth-order valence-corrected chi connectivity index (χ4v) is 2.37. The number of hydrogen-bond donors (Lipinski definition) is 1. The van der Waals surface area contributed by atoms with E-state index in [4.69, 9.17) is 4.74 Å². The molecule has 0 aliphatic rings. The van der Waals surface area contributed by atoms with E-state index in [1.54, 1.807) is 18.2 Å². The maximum absolute atomic E-state index is 13.6. The Morgan fingerprint density at radius 2 is 2.10 bits per heavy atom. The van der Waals surface area contributed by atoms with Gasteiger partial charge in [-0.3, -0.25) is 0 Å². The van der Waals surface area contributed by atoms with Gasteiger partial charge in [0.25, 0.3) is 0 Å². The zero-order valence-corrected chi connectivity index (χ0v) is 12.2. The summed E-state index contributed by atoms with van der Waals surface area (Å²) in [6, 6.07) is 8.43. The van der Waals surface area contributed by atoms with Crippen LogP contribution >= 0.6 is 15.9 Å². The number of H-pyrrole nitrogens is 1.